The zero-order valence-electron chi connectivity index (χ0n) is 20.6. The molecule has 1 saturated heterocycles. The molecule has 4 aromatic rings. The van der Waals surface area contributed by atoms with E-state index in [4.69, 9.17) is 0 Å². The van der Waals surface area contributed by atoms with Crippen molar-refractivity contribution in [2.45, 2.75) is 58.4 Å². The van der Waals surface area contributed by atoms with E-state index in [-0.39, 0.29) is 30.1 Å². The summed E-state index contributed by atoms with van der Waals surface area (Å²) in [5.41, 5.74) is 2.49. The highest BCUT2D eigenvalue weighted by atomic mass is 19.3. The fraction of sp³-hybridized carbons (Fsp3) is 0.478. The fourth-order valence-corrected chi connectivity index (χ4v) is 4.44. The average Bonchev–Trinajstić information content (AvgIpc) is 3.43. The van der Waals surface area contributed by atoms with Crippen LogP contribution in [-0.4, -0.2) is 83.2 Å². The Morgan fingerprint density at radius 3 is 2.73 bits per heavy atom. The van der Waals surface area contributed by atoms with Crippen LogP contribution in [0.4, 0.5) is 24.9 Å². The first kappa shape index (κ1) is 24.7. The van der Waals surface area contributed by atoms with Crippen molar-refractivity contribution in [3.8, 4) is 11.3 Å². The zero-order chi connectivity index (χ0) is 26.3. The van der Waals surface area contributed by atoms with Crippen molar-refractivity contribution in [3.63, 3.8) is 0 Å². The number of alkyl halides is 3. The molecule has 0 bridgehead atoms. The third-order valence-electron chi connectivity index (χ3n) is 6.18. The molecule has 5 rings (SSSR count). The standard InChI is InChI=1S/C23H27F3N10O/c1-12(2)27-21-20-14(16-4-5-18-22(28-16)36(33-31-18)11-19(25)26)6-9-35(20)32-23(30-21)29-17-7-8-34(13(3)37)10-15(17)24/h4-6,9,12,15,17,19H,7-8,10-11H2,1-3H3,(H2,27,29,30,32)/t15-,17+/m1/s1. The molecule has 1 aliphatic rings. The number of amides is 1. The number of rotatable bonds is 7. The smallest absolute Gasteiger partial charge is 0.258 e. The molecule has 0 spiro atoms. The van der Waals surface area contributed by atoms with Crippen molar-refractivity contribution in [1.29, 1.82) is 0 Å². The van der Waals surface area contributed by atoms with E-state index in [1.165, 1.54) is 11.8 Å². The van der Waals surface area contributed by atoms with E-state index in [9.17, 15) is 18.0 Å². The van der Waals surface area contributed by atoms with Gasteiger partial charge >= 0.3 is 0 Å². The van der Waals surface area contributed by atoms with Gasteiger partial charge < -0.3 is 15.5 Å². The predicted octanol–water partition coefficient (Wildman–Crippen LogP) is 2.99. The Labute approximate surface area is 210 Å². The van der Waals surface area contributed by atoms with Gasteiger partial charge in [0.2, 0.25) is 11.9 Å². The normalized spacial score (nSPS) is 18.3. The fourth-order valence-electron chi connectivity index (χ4n) is 4.44. The minimum absolute atomic E-state index is 0.0190. The maximum atomic E-state index is 14.8. The number of pyridine rings is 1. The molecule has 0 aliphatic carbocycles. The van der Waals surface area contributed by atoms with Crippen LogP contribution in [0.25, 0.3) is 27.9 Å². The summed E-state index contributed by atoms with van der Waals surface area (Å²) in [4.78, 5) is 22.3. The van der Waals surface area contributed by atoms with Gasteiger partial charge in [0, 0.05) is 31.3 Å². The number of hydrogen-bond acceptors (Lipinski definition) is 8. The number of hydrogen-bond donors (Lipinski definition) is 2. The molecule has 11 nitrogen and oxygen atoms in total. The van der Waals surface area contributed by atoms with Crippen LogP contribution in [-0.2, 0) is 11.3 Å². The summed E-state index contributed by atoms with van der Waals surface area (Å²) in [6, 6.07) is 4.70. The van der Waals surface area contributed by atoms with E-state index in [1.54, 1.807) is 28.9 Å². The van der Waals surface area contributed by atoms with Gasteiger partial charge in [0.25, 0.3) is 6.43 Å². The summed E-state index contributed by atoms with van der Waals surface area (Å²) < 4.78 is 43.5. The highest BCUT2D eigenvalue weighted by molar-refractivity contribution is 5.89. The molecule has 14 heteroatoms. The van der Waals surface area contributed by atoms with Crippen molar-refractivity contribution >= 4 is 34.4 Å². The minimum Gasteiger partial charge on any atom is -0.366 e. The molecule has 2 N–H and O–H groups in total. The maximum absolute atomic E-state index is 14.8. The van der Waals surface area contributed by atoms with Gasteiger partial charge in [-0.2, -0.15) is 4.98 Å². The number of likely N-dealkylation sites (tertiary alicyclic amines) is 1. The lowest BCUT2D eigenvalue weighted by Gasteiger charge is -2.34. The van der Waals surface area contributed by atoms with Gasteiger partial charge in [-0.1, -0.05) is 5.21 Å². The van der Waals surface area contributed by atoms with Crippen molar-refractivity contribution < 1.29 is 18.0 Å². The van der Waals surface area contributed by atoms with Crippen LogP contribution >= 0.6 is 0 Å². The van der Waals surface area contributed by atoms with E-state index >= 15 is 0 Å². The van der Waals surface area contributed by atoms with Gasteiger partial charge in [-0.15, -0.1) is 10.2 Å². The molecule has 2 atom stereocenters. The van der Waals surface area contributed by atoms with Gasteiger partial charge in [-0.25, -0.2) is 27.4 Å². The lowest BCUT2D eigenvalue weighted by Crippen LogP contribution is -2.49. The number of carbonyl (C=O) groups excluding carboxylic acids is 1. The Hall–Kier alpha value is -3.97. The molecular formula is C23H27F3N10O. The van der Waals surface area contributed by atoms with Crippen LogP contribution in [0.2, 0.25) is 0 Å². The maximum Gasteiger partial charge on any atom is 0.258 e. The second kappa shape index (κ2) is 9.82. The Morgan fingerprint density at radius 2 is 2.03 bits per heavy atom. The SMILES string of the molecule is CC(=O)N1CC[C@H](Nc2nc(NC(C)C)c3c(-c4ccc5nnn(CC(F)F)c5n4)ccn3n2)[C@H](F)C1. The third kappa shape index (κ3) is 5.00. The summed E-state index contributed by atoms with van der Waals surface area (Å²) in [5.74, 6) is 0.594. The first-order chi connectivity index (χ1) is 17.7. The van der Waals surface area contributed by atoms with Gasteiger partial charge in [-0.3, -0.25) is 4.79 Å². The molecule has 0 unspecified atom stereocenters. The molecule has 1 fully saturated rings. The number of carbonyl (C=O) groups is 1. The summed E-state index contributed by atoms with van der Waals surface area (Å²) in [5, 5.41) is 18.6. The number of aromatic nitrogens is 7. The lowest BCUT2D eigenvalue weighted by molar-refractivity contribution is -0.131. The van der Waals surface area contributed by atoms with E-state index < -0.39 is 25.2 Å². The Balaban J connectivity index is 1.51. The molecule has 0 aromatic carbocycles. The van der Waals surface area contributed by atoms with Gasteiger partial charge in [0.1, 0.15) is 23.7 Å². The zero-order valence-corrected chi connectivity index (χ0v) is 20.6. The van der Waals surface area contributed by atoms with E-state index in [2.05, 4.69) is 36.0 Å². The summed E-state index contributed by atoms with van der Waals surface area (Å²) in [6.07, 6.45) is -1.70. The second-order valence-corrected chi connectivity index (χ2v) is 9.33. The molecular weight excluding hydrogens is 489 g/mol. The van der Waals surface area contributed by atoms with E-state index in [1.807, 2.05) is 13.8 Å². The number of fused-ring (bicyclic) bond motifs is 2. The van der Waals surface area contributed by atoms with Crippen molar-refractivity contribution in [2.75, 3.05) is 23.7 Å². The Bertz CT molecular complexity index is 1440. The number of nitrogens with zero attached hydrogens (tertiary/aromatic N) is 8. The highest BCUT2D eigenvalue weighted by Crippen LogP contribution is 2.31. The molecule has 0 radical (unpaired) electrons. The number of halogens is 3. The monoisotopic (exact) mass is 516 g/mol. The molecule has 0 saturated carbocycles. The van der Waals surface area contributed by atoms with E-state index in [0.717, 1.165) is 4.68 Å². The molecule has 37 heavy (non-hydrogen) atoms. The number of piperidine rings is 1. The van der Waals surface area contributed by atoms with Crippen LogP contribution in [0.3, 0.4) is 0 Å². The summed E-state index contributed by atoms with van der Waals surface area (Å²) >= 11 is 0. The highest BCUT2D eigenvalue weighted by Gasteiger charge is 2.31. The Morgan fingerprint density at radius 1 is 1.22 bits per heavy atom. The largest absolute Gasteiger partial charge is 0.366 e. The van der Waals surface area contributed by atoms with Crippen LogP contribution in [0.1, 0.15) is 27.2 Å². The van der Waals surface area contributed by atoms with Gasteiger partial charge in [0.15, 0.2) is 11.5 Å². The Kier molecular flexibility index (Phi) is 6.56. The number of nitrogens with one attached hydrogen (secondary N) is 2. The molecule has 196 valence electrons. The van der Waals surface area contributed by atoms with Crippen LogP contribution in [0.5, 0.6) is 0 Å². The predicted molar refractivity (Wildman–Crippen MR) is 131 cm³/mol. The van der Waals surface area contributed by atoms with E-state index in [0.29, 0.717) is 41.1 Å². The summed E-state index contributed by atoms with van der Waals surface area (Å²) in [7, 11) is 0. The summed E-state index contributed by atoms with van der Waals surface area (Å²) in [6.45, 7) is 5.21. The topological polar surface area (TPSA) is 118 Å². The first-order valence-electron chi connectivity index (χ1n) is 12.0. The average molecular weight is 517 g/mol. The van der Waals surface area contributed by atoms with Gasteiger partial charge in [-0.05, 0) is 38.5 Å². The molecule has 1 amide bonds. The quantitative estimate of drug-likeness (QED) is 0.385. The van der Waals surface area contributed by atoms with Gasteiger partial charge in [0.05, 0.1) is 18.3 Å². The van der Waals surface area contributed by atoms with Crippen molar-refractivity contribution in [3.05, 3.63) is 24.4 Å². The van der Waals surface area contributed by atoms with Crippen LogP contribution < -0.4 is 10.6 Å². The molecule has 5 heterocycles. The first-order valence-corrected chi connectivity index (χ1v) is 12.0. The molecule has 4 aromatic heterocycles. The lowest BCUT2D eigenvalue weighted by atomic mass is 10.0. The second-order valence-electron chi connectivity index (χ2n) is 9.33. The van der Waals surface area contributed by atoms with Crippen molar-refractivity contribution in [1.82, 2.24) is 39.5 Å². The third-order valence-corrected chi connectivity index (χ3v) is 6.18. The van der Waals surface area contributed by atoms with Crippen molar-refractivity contribution in [2.24, 2.45) is 0 Å². The molecule has 1 aliphatic heterocycles. The van der Waals surface area contributed by atoms with Crippen LogP contribution in [0.15, 0.2) is 24.4 Å². The van der Waals surface area contributed by atoms with Crippen LogP contribution in [0, 0.1) is 0 Å². The minimum atomic E-state index is -2.59. The number of anilines is 2.